The Morgan fingerprint density at radius 3 is 2.42 bits per heavy atom. The molecule has 166 valence electrons. The third-order valence-electron chi connectivity index (χ3n) is 6.83. The first kappa shape index (κ1) is 22.0. The molecule has 2 heterocycles. The molecule has 2 aliphatic rings. The predicted molar refractivity (Wildman–Crippen MR) is 128 cm³/mol. The molecule has 5 nitrogen and oxygen atoms in total. The number of para-hydroxylation sites is 1. The van der Waals surface area contributed by atoms with Gasteiger partial charge in [-0.05, 0) is 56.3 Å². The van der Waals surface area contributed by atoms with Crippen LogP contribution in [0.25, 0.3) is 0 Å². The number of piperazine rings is 1. The highest BCUT2D eigenvalue weighted by Gasteiger charge is 2.29. The van der Waals surface area contributed by atoms with Crippen molar-refractivity contribution in [3.63, 3.8) is 0 Å². The summed E-state index contributed by atoms with van der Waals surface area (Å²) in [4.78, 5) is 17.6. The molecule has 0 radical (unpaired) electrons. The monoisotopic (exact) mass is 420 g/mol. The summed E-state index contributed by atoms with van der Waals surface area (Å²) in [6.45, 7) is 9.71. The molecule has 2 saturated heterocycles. The molecule has 2 aliphatic heterocycles. The zero-order valence-corrected chi connectivity index (χ0v) is 18.9. The lowest BCUT2D eigenvalue weighted by Gasteiger charge is -2.42. The van der Waals surface area contributed by atoms with Crippen LogP contribution >= 0.6 is 0 Å². The highest BCUT2D eigenvalue weighted by molar-refractivity contribution is 5.93. The molecule has 2 N–H and O–H groups in total. The topological polar surface area (TPSA) is 47.6 Å². The zero-order chi connectivity index (χ0) is 21.6. The molecule has 1 amide bonds. The van der Waals surface area contributed by atoms with Gasteiger partial charge in [-0.15, -0.1) is 0 Å². The van der Waals surface area contributed by atoms with Crippen LogP contribution in [0, 0.1) is 13.8 Å². The molecule has 0 aliphatic carbocycles. The van der Waals surface area contributed by atoms with E-state index in [4.69, 9.17) is 0 Å². The van der Waals surface area contributed by atoms with E-state index >= 15 is 0 Å². The zero-order valence-electron chi connectivity index (χ0n) is 18.9. The van der Waals surface area contributed by atoms with Crippen molar-refractivity contribution in [3.8, 4) is 0 Å². The number of benzene rings is 2. The van der Waals surface area contributed by atoms with Crippen LogP contribution in [-0.2, 0) is 11.2 Å². The Kier molecular flexibility index (Phi) is 7.38. The minimum Gasteiger partial charge on any atom is -0.324 e. The minimum atomic E-state index is 0.0932. The summed E-state index contributed by atoms with van der Waals surface area (Å²) in [5, 5.41) is 6.84. The maximum absolute atomic E-state index is 12.6. The normalized spacial score (nSPS) is 22.9. The number of rotatable bonds is 6. The Morgan fingerprint density at radius 1 is 1.00 bits per heavy atom. The molecule has 0 spiro atoms. The third kappa shape index (κ3) is 5.94. The van der Waals surface area contributed by atoms with E-state index in [0.29, 0.717) is 18.6 Å². The van der Waals surface area contributed by atoms with Crippen LogP contribution < -0.4 is 10.6 Å². The summed E-state index contributed by atoms with van der Waals surface area (Å²) < 4.78 is 0. The van der Waals surface area contributed by atoms with E-state index in [1.54, 1.807) is 0 Å². The number of aryl methyl sites for hydroxylation is 2. The number of anilines is 1. The van der Waals surface area contributed by atoms with Crippen LogP contribution in [0.2, 0.25) is 0 Å². The molecule has 31 heavy (non-hydrogen) atoms. The molecule has 2 aromatic rings. The molecule has 2 fully saturated rings. The molecule has 0 saturated carbocycles. The molecule has 4 rings (SSSR count). The second-order valence-electron chi connectivity index (χ2n) is 9.15. The summed E-state index contributed by atoms with van der Waals surface area (Å²) in [5.41, 5.74) is 4.62. The van der Waals surface area contributed by atoms with Gasteiger partial charge >= 0.3 is 0 Å². The van der Waals surface area contributed by atoms with Crippen molar-refractivity contribution in [2.45, 2.75) is 45.2 Å². The van der Waals surface area contributed by atoms with E-state index in [2.05, 4.69) is 50.8 Å². The number of amides is 1. The fourth-order valence-electron chi connectivity index (χ4n) is 5.05. The summed E-state index contributed by atoms with van der Waals surface area (Å²) in [6.07, 6.45) is 3.54. The first-order chi connectivity index (χ1) is 15.1. The number of carbonyl (C=O) groups excluding carboxylic acids is 1. The third-order valence-corrected chi connectivity index (χ3v) is 6.83. The molecule has 5 heteroatoms. The van der Waals surface area contributed by atoms with Crippen molar-refractivity contribution in [3.05, 3.63) is 65.2 Å². The van der Waals surface area contributed by atoms with Crippen LogP contribution in [0.3, 0.4) is 0 Å². The van der Waals surface area contributed by atoms with Crippen LogP contribution in [0.1, 0.15) is 29.5 Å². The average molecular weight is 421 g/mol. The van der Waals surface area contributed by atoms with E-state index in [9.17, 15) is 4.79 Å². The number of nitrogens with zero attached hydrogens (tertiary/aromatic N) is 2. The number of piperidine rings is 1. The predicted octanol–water partition coefficient (Wildman–Crippen LogP) is 3.22. The van der Waals surface area contributed by atoms with Crippen molar-refractivity contribution >= 4 is 11.6 Å². The van der Waals surface area contributed by atoms with Crippen molar-refractivity contribution in [2.75, 3.05) is 44.6 Å². The van der Waals surface area contributed by atoms with Crippen LogP contribution in [0.4, 0.5) is 5.69 Å². The Morgan fingerprint density at radius 2 is 1.71 bits per heavy atom. The van der Waals surface area contributed by atoms with Gasteiger partial charge in [-0.25, -0.2) is 0 Å². The number of hydrogen-bond acceptors (Lipinski definition) is 4. The second kappa shape index (κ2) is 10.4. The maximum atomic E-state index is 12.6. The number of carbonyl (C=O) groups is 1. The van der Waals surface area contributed by atoms with E-state index < -0.39 is 0 Å². The first-order valence-corrected chi connectivity index (χ1v) is 11.7. The van der Waals surface area contributed by atoms with Gasteiger partial charge in [-0.1, -0.05) is 48.5 Å². The van der Waals surface area contributed by atoms with Gasteiger partial charge in [-0.2, -0.15) is 0 Å². The minimum absolute atomic E-state index is 0.0932. The van der Waals surface area contributed by atoms with Crippen molar-refractivity contribution in [1.29, 1.82) is 0 Å². The van der Waals surface area contributed by atoms with Gasteiger partial charge in [0.05, 0.1) is 6.54 Å². The SMILES string of the molecule is Cc1cccc(C)c1NC(=O)CN1CCN([C@H]2CCN[C@H](Cc3ccccc3)C2)CC1. The van der Waals surface area contributed by atoms with Gasteiger partial charge in [0.15, 0.2) is 0 Å². The highest BCUT2D eigenvalue weighted by atomic mass is 16.2. The Hall–Kier alpha value is -2.21. The van der Waals surface area contributed by atoms with E-state index in [0.717, 1.165) is 56.0 Å². The van der Waals surface area contributed by atoms with Gasteiger partial charge in [0, 0.05) is 44.0 Å². The Labute approximate surface area is 186 Å². The molecule has 0 bridgehead atoms. The fourth-order valence-corrected chi connectivity index (χ4v) is 5.05. The molecule has 2 atom stereocenters. The van der Waals surface area contributed by atoms with E-state index in [-0.39, 0.29) is 5.91 Å². The first-order valence-electron chi connectivity index (χ1n) is 11.7. The molecular weight excluding hydrogens is 384 g/mol. The lowest BCUT2D eigenvalue weighted by atomic mass is 9.93. The van der Waals surface area contributed by atoms with Gasteiger partial charge in [-0.3, -0.25) is 14.6 Å². The summed E-state index contributed by atoms with van der Waals surface area (Å²) in [5.74, 6) is 0.0932. The van der Waals surface area contributed by atoms with Gasteiger partial charge in [0.25, 0.3) is 0 Å². The molecular formula is C26H36N4O. The van der Waals surface area contributed by atoms with Crippen molar-refractivity contribution in [2.24, 2.45) is 0 Å². The lowest BCUT2D eigenvalue weighted by molar-refractivity contribution is -0.117. The lowest BCUT2D eigenvalue weighted by Crippen LogP contribution is -2.55. The standard InChI is InChI=1S/C26H36N4O/c1-20-7-6-8-21(2)26(20)28-25(31)19-29-13-15-30(16-14-29)24-11-12-27-23(18-24)17-22-9-4-3-5-10-22/h3-10,23-24,27H,11-19H2,1-2H3,(H,28,31)/t23-,24+/m1/s1. The Bertz CT molecular complexity index is 841. The van der Waals surface area contributed by atoms with Gasteiger partial charge < -0.3 is 10.6 Å². The maximum Gasteiger partial charge on any atom is 0.238 e. The van der Waals surface area contributed by atoms with E-state index in [1.165, 1.54) is 18.4 Å². The van der Waals surface area contributed by atoms with Gasteiger partial charge in [0.1, 0.15) is 0 Å². The van der Waals surface area contributed by atoms with Gasteiger partial charge in [0.2, 0.25) is 5.91 Å². The van der Waals surface area contributed by atoms with Crippen molar-refractivity contribution < 1.29 is 4.79 Å². The highest BCUT2D eigenvalue weighted by Crippen LogP contribution is 2.21. The Balaban J connectivity index is 1.23. The van der Waals surface area contributed by atoms with Crippen LogP contribution in [0.5, 0.6) is 0 Å². The molecule has 2 aromatic carbocycles. The second-order valence-corrected chi connectivity index (χ2v) is 9.15. The summed E-state index contributed by atoms with van der Waals surface area (Å²) in [7, 11) is 0. The average Bonchev–Trinajstić information content (AvgIpc) is 2.78. The smallest absolute Gasteiger partial charge is 0.238 e. The summed E-state index contributed by atoms with van der Waals surface area (Å²) in [6, 6.07) is 18.1. The van der Waals surface area contributed by atoms with Crippen molar-refractivity contribution in [1.82, 2.24) is 15.1 Å². The molecule has 0 aromatic heterocycles. The fraction of sp³-hybridized carbons (Fsp3) is 0.500. The largest absolute Gasteiger partial charge is 0.324 e. The number of nitrogens with one attached hydrogen (secondary N) is 2. The van der Waals surface area contributed by atoms with E-state index in [1.807, 2.05) is 32.0 Å². The van der Waals surface area contributed by atoms with Crippen LogP contribution in [-0.4, -0.2) is 67.1 Å². The number of hydrogen-bond donors (Lipinski definition) is 2. The summed E-state index contributed by atoms with van der Waals surface area (Å²) >= 11 is 0. The molecule has 0 unspecified atom stereocenters. The quantitative estimate of drug-likeness (QED) is 0.753. The van der Waals surface area contributed by atoms with Crippen LogP contribution in [0.15, 0.2) is 48.5 Å².